The second kappa shape index (κ2) is 6.54. The molecule has 0 unspecified atom stereocenters. The summed E-state index contributed by atoms with van der Waals surface area (Å²) in [7, 11) is 0. The Morgan fingerprint density at radius 2 is 2.09 bits per heavy atom. The highest BCUT2D eigenvalue weighted by atomic mass is 35.5. The van der Waals surface area contributed by atoms with Gasteiger partial charge in [0.2, 0.25) is 0 Å². The Morgan fingerprint density at radius 1 is 1.26 bits per heavy atom. The van der Waals surface area contributed by atoms with Crippen molar-refractivity contribution < 1.29 is 0 Å². The summed E-state index contributed by atoms with van der Waals surface area (Å²) in [6, 6.07) is 7.82. The first-order valence-electron chi connectivity index (χ1n) is 7.79. The third kappa shape index (κ3) is 3.29. The highest BCUT2D eigenvalue weighted by molar-refractivity contribution is 6.30. The first-order chi connectivity index (χ1) is 11.1. The molecule has 0 saturated carbocycles. The van der Waals surface area contributed by atoms with Crippen molar-refractivity contribution in [3.63, 3.8) is 0 Å². The van der Waals surface area contributed by atoms with E-state index in [0.29, 0.717) is 6.54 Å². The van der Waals surface area contributed by atoms with Crippen LogP contribution in [0.3, 0.4) is 0 Å². The quantitative estimate of drug-likeness (QED) is 0.767. The van der Waals surface area contributed by atoms with Gasteiger partial charge in [-0.25, -0.2) is 15.0 Å². The molecule has 0 radical (unpaired) electrons. The van der Waals surface area contributed by atoms with Crippen molar-refractivity contribution in [2.45, 2.75) is 33.2 Å². The lowest BCUT2D eigenvalue weighted by molar-refractivity contribution is 0.751. The zero-order valence-corrected chi connectivity index (χ0v) is 14.3. The van der Waals surface area contributed by atoms with Crippen LogP contribution < -0.4 is 5.32 Å². The Bertz CT molecular complexity index is 781. The summed E-state index contributed by atoms with van der Waals surface area (Å²) in [4.78, 5) is 13.9. The Hall–Kier alpha value is -2.14. The summed E-state index contributed by atoms with van der Waals surface area (Å²) < 4.78 is 2.01. The number of halogens is 1. The smallest absolute Gasteiger partial charge is 0.166 e. The van der Waals surface area contributed by atoms with Crippen molar-refractivity contribution in [2.75, 3.05) is 11.9 Å². The predicted molar refractivity (Wildman–Crippen MR) is 93.2 cm³/mol. The van der Waals surface area contributed by atoms with Gasteiger partial charge >= 0.3 is 0 Å². The van der Waals surface area contributed by atoms with Crippen LogP contribution in [0.4, 0.5) is 5.82 Å². The molecule has 0 saturated heterocycles. The average Bonchev–Trinajstić information content (AvgIpc) is 2.96. The standard InChI is InChI=1S/C17H20ClN5/c1-4-19-16-14-17(22-15(21-14)11(2)3)23(10-20-16)9-12-6-5-7-13(18)8-12/h5-8,10-11,19H,4,9H2,1-3H3. The van der Waals surface area contributed by atoms with E-state index in [-0.39, 0.29) is 5.92 Å². The number of aromatic nitrogens is 4. The van der Waals surface area contributed by atoms with Crippen LogP contribution in [0.5, 0.6) is 0 Å². The predicted octanol–water partition coefficient (Wildman–Crippen LogP) is 4.03. The number of anilines is 1. The van der Waals surface area contributed by atoms with Crippen LogP contribution in [0.2, 0.25) is 5.02 Å². The molecular formula is C17H20ClN5. The minimum Gasteiger partial charge on any atom is -0.368 e. The second-order valence-electron chi connectivity index (χ2n) is 5.79. The molecule has 0 bridgehead atoms. The number of hydrogen-bond acceptors (Lipinski definition) is 4. The Morgan fingerprint density at radius 3 is 2.78 bits per heavy atom. The fourth-order valence-corrected chi connectivity index (χ4v) is 2.67. The minimum atomic E-state index is 0.275. The molecule has 23 heavy (non-hydrogen) atoms. The highest BCUT2D eigenvalue weighted by Gasteiger charge is 2.21. The van der Waals surface area contributed by atoms with E-state index in [9.17, 15) is 0 Å². The number of benzene rings is 1. The molecule has 0 fully saturated rings. The molecular weight excluding hydrogens is 310 g/mol. The molecule has 2 heterocycles. The van der Waals surface area contributed by atoms with Gasteiger partial charge in [-0.3, -0.25) is 0 Å². The van der Waals surface area contributed by atoms with E-state index >= 15 is 0 Å². The highest BCUT2D eigenvalue weighted by Crippen LogP contribution is 2.28. The van der Waals surface area contributed by atoms with Crippen molar-refractivity contribution in [1.82, 2.24) is 19.5 Å². The average molecular weight is 330 g/mol. The maximum atomic E-state index is 6.08. The summed E-state index contributed by atoms with van der Waals surface area (Å²) in [5.41, 5.74) is 1.93. The lowest BCUT2D eigenvalue weighted by atomic mass is 10.2. The Balaban J connectivity index is 2.05. The summed E-state index contributed by atoms with van der Waals surface area (Å²) in [5.74, 6) is 2.74. The molecule has 6 heteroatoms. The molecule has 1 aromatic carbocycles. The van der Waals surface area contributed by atoms with Crippen molar-refractivity contribution in [3.8, 4) is 11.5 Å². The first-order valence-corrected chi connectivity index (χ1v) is 8.17. The molecule has 1 aromatic rings. The van der Waals surface area contributed by atoms with Crippen molar-refractivity contribution >= 4 is 17.4 Å². The number of imidazole rings is 1. The maximum Gasteiger partial charge on any atom is 0.166 e. The molecule has 120 valence electrons. The lowest BCUT2D eigenvalue weighted by Gasteiger charge is -2.13. The van der Waals surface area contributed by atoms with Crippen LogP contribution in [0.1, 0.15) is 38.1 Å². The normalized spacial score (nSPS) is 11.3. The van der Waals surface area contributed by atoms with E-state index in [1.807, 2.05) is 35.8 Å². The van der Waals surface area contributed by atoms with Gasteiger partial charge in [-0.05, 0) is 24.6 Å². The fourth-order valence-electron chi connectivity index (χ4n) is 2.46. The third-order valence-electron chi connectivity index (χ3n) is 3.58. The van der Waals surface area contributed by atoms with Crippen LogP contribution in [-0.2, 0) is 6.54 Å². The molecule has 0 atom stereocenters. The lowest BCUT2D eigenvalue weighted by Crippen LogP contribution is -2.10. The Labute approximate surface area is 141 Å². The van der Waals surface area contributed by atoms with Crippen LogP contribution in [0.25, 0.3) is 11.5 Å². The number of rotatable bonds is 5. The zero-order valence-electron chi connectivity index (χ0n) is 13.5. The van der Waals surface area contributed by atoms with Gasteiger partial charge in [0, 0.05) is 17.5 Å². The summed E-state index contributed by atoms with van der Waals surface area (Å²) >= 11 is 6.08. The van der Waals surface area contributed by atoms with Crippen LogP contribution >= 0.6 is 11.6 Å². The van der Waals surface area contributed by atoms with Gasteiger partial charge in [-0.1, -0.05) is 37.6 Å². The molecule has 5 nitrogen and oxygen atoms in total. The Kier molecular flexibility index (Phi) is 4.48. The summed E-state index contributed by atoms with van der Waals surface area (Å²) in [6.07, 6.45) is 1.81. The van der Waals surface area contributed by atoms with Gasteiger partial charge in [0.25, 0.3) is 0 Å². The molecule has 0 aliphatic carbocycles. The van der Waals surface area contributed by atoms with E-state index in [1.54, 1.807) is 6.33 Å². The zero-order chi connectivity index (χ0) is 16.4. The van der Waals surface area contributed by atoms with E-state index in [2.05, 4.69) is 29.1 Å². The number of nitrogens with zero attached hydrogens (tertiary/aromatic N) is 4. The number of fused-ring (bicyclic) bond motifs is 1. The molecule has 2 aliphatic heterocycles. The van der Waals surface area contributed by atoms with Crippen molar-refractivity contribution in [3.05, 3.63) is 47.0 Å². The topological polar surface area (TPSA) is 55.6 Å². The maximum absolute atomic E-state index is 6.08. The van der Waals surface area contributed by atoms with Crippen LogP contribution in [0, 0.1) is 0 Å². The number of nitrogens with one attached hydrogen (secondary N) is 1. The molecule has 2 aliphatic rings. The molecule has 0 aromatic heterocycles. The fraction of sp³-hybridized carbons (Fsp3) is 0.353. The minimum absolute atomic E-state index is 0.275. The largest absolute Gasteiger partial charge is 0.368 e. The van der Waals surface area contributed by atoms with Gasteiger partial charge < -0.3 is 9.88 Å². The summed E-state index contributed by atoms with van der Waals surface area (Å²) in [6.45, 7) is 7.68. The van der Waals surface area contributed by atoms with Gasteiger partial charge in [0.05, 0.1) is 12.9 Å². The van der Waals surface area contributed by atoms with E-state index < -0.39 is 0 Å². The molecule has 0 spiro atoms. The molecule has 0 amide bonds. The van der Waals surface area contributed by atoms with E-state index in [1.165, 1.54) is 0 Å². The number of hydrogen-bond donors (Lipinski definition) is 1. The van der Waals surface area contributed by atoms with Gasteiger partial charge in [0.15, 0.2) is 17.3 Å². The van der Waals surface area contributed by atoms with Gasteiger partial charge in [-0.2, -0.15) is 0 Å². The van der Waals surface area contributed by atoms with Crippen LogP contribution in [0.15, 0.2) is 30.6 Å². The summed E-state index contributed by atoms with van der Waals surface area (Å²) in [5, 5.41) is 3.98. The van der Waals surface area contributed by atoms with Gasteiger partial charge in [0.1, 0.15) is 5.82 Å². The third-order valence-corrected chi connectivity index (χ3v) is 3.82. The molecule has 3 rings (SSSR count). The second-order valence-corrected chi connectivity index (χ2v) is 6.23. The van der Waals surface area contributed by atoms with Crippen molar-refractivity contribution in [1.29, 1.82) is 0 Å². The first kappa shape index (κ1) is 15.7. The van der Waals surface area contributed by atoms with E-state index in [4.69, 9.17) is 16.6 Å². The van der Waals surface area contributed by atoms with Crippen LogP contribution in [-0.4, -0.2) is 26.1 Å². The van der Waals surface area contributed by atoms with Crippen molar-refractivity contribution in [2.24, 2.45) is 0 Å². The van der Waals surface area contributed by atoms with Gasteiger partial charge in [-0.15, -0.1) is 0 Å². The monoisotopic (exact) mass is 329 g/mol. The van der Waals surface area contributed by atoms with E-state index in [0.717, 1.165) is 40.3 Å². The SMILES string of the molecule is CCNc1ncn(Cc2cccc(Cl)c2)c2nc(C(C)C)nc1-2. The molecule has 1 N–H and O–H groups in total.